The third-order valence-corrected chi connectivity index (χ3v) is 7.30. The van der Waals surface area contributed by atoms with Crippen molar-refractivity contribution in [3.8, 4) is 11.5 Å². The minimum atomic E-state index is -1.09. The molecule has 210 valence electrons. The van der Waals surface area contributed by atoms with Gasteiger partial charge in [-0.2, -0.15) is 0 Å². The number of amides is 4. The predicted molar refractivity (Wildman–Crippen MR) is 150 cm³/mol. The molecule has 1 aromatic heterocycles. The molecule has 2 heterocycles. The van der Waals surface area contributed by atoms with Gasteiger partial charge in [0.2, 0.25) is 11.8 Å². The van der Waals surface area contributed by atoms with Gasteiger partial charge in [0.25, 0.3) is 0 Å². The number of rotatable bonds is 11. The molecule has 2 unspecified atom stereocenters. The Labute approximate surface area is 235 Å². The molecule has 4 N–H and O–H groups in total. The summed E-state index contributed by atoms with van der Waals surface area (Å²) in [6.07, 6.45) is -0.385. The number of aliphatic carboxylic acids is 1. The topological polar surface area (TPSA) is 146 Å². The van der Waals surface area contributed by atoms with Crippen LogP contribution in [0.25, 0.3) is 0 Å². The number of carbonyl (C=O) groups is 4. The van der Waals surface area contributed by atoms with E-state index in [2.05, 4.69) is 16.0 Å². The van der Waals surface area contributed by atoms with Gasteiger partial charge in [-0.15, -0.1) is 11.3 Å². The van der Waals surface area contributed by atoms with E-state index in [0.717, 1.165) is 4.88 Å². The van der Waals surface area contributed by atoms with Crippen molar-refractivity contribution in [3.63, 3.8) is 0 Å². The zero-order chi connectivity index (χ0) is 28.6. The number of ether oxygens (including phenoxy) is 2. The van der Waals surface area contributed by atoms with Gasteiger partial charge in [-0.05, 0) is 47.3 Å². The molecule has 1 fully saturated rings. The van der Waals surface area contributed by atoms with Crippen LogP contribution in [-0.4, -0.2) is 49.7 Å². The molecule has 3 aromatic rings. The number of anilines is 2. The number of hydrogen-bond donors (Lipinski definition) is 4. The lowest BCUT2D eigenvalue weighted by atomic mass is 10.0. The highest BCUT2D eigenvalue weighted by Crippen LogP contribution is 2.32. The molecule has 12 heteroatoms. The number of methoxy groups -OCH3 is 2. The van der Waals surface area contributed by atoms with E-state index < -0.39 is 23.8 Å². The van der Waals surface area contributed by atoms with Gasteiger partial charge in [0, 0.05) is 29.2 Å². The normalized spacial score (nSPS) is 15.3. The first-order valence-electron chi connectivity index (χ1n) is 12.5. The van der Waals surface area contributed by atoms with Crippen molar-refractivity contribution in [2.45, 2.75) is 25.4 Å². The van der Waals surface area contributed by atoms with E-state index in [1.54, 1.807) is 53.8 Å². The third-order valence-electron chi connectivity index (χ3n) is 6.42. The molecule has 0 bridgehead atoms. The van der Waals surface area contributed by atoms with Gasteiger partial charge in [0.15, 0.2) is 11.5 Å². The Bertz CT molecular complexity index is 1380. The number of carboxylic acids is 1. The van der Waals surface area contributed by atoms with Crippen molar-refractivity contribution in [2.75, 3.05) is 31.0 Å². The molecule has 40 heavy (non-hydrogen) atoms. The number of nitrogens with one attached hydrogen (secondary N) is 3. The second-order valence-corrected chi connectivity index (χ2v) is 10.1. The Morgan fingerprint density at radius 3 is 2.58 bits per heavy atom. The number of urea groups is 1. The van der Waals surface area contributed by atoms with Crippen molar-refractivity contribution in [1.82, 2.24) is 10.6 Å². The van der Waals surface area contributed by atoms with E-state index in [0.29, 0.717) is 35.0 Å². The lowest BCUT2D eigenvalue weighted by Gasteiger charge is -2.21. The number of nitrogens with zero attached hydrogens (tertiary/aromatic N) is 1. The molecule has 2 aromatic carbocycles. The quantitative estimate of drug-likeness (QED) is 0.276. The number of benzene rings is 2. The van der Waals surface area contributed by atoms with Crippen LogP contribution >= 0.6 is 11.3 Å². The summed E-state index contributed by atoms with van der Waals surface area (Å²) in [5, 5.41) is 19.7. The van der Waals surface area contributed by atoms with Crippen LogP contribution in [0.15, 0.2) is 60.0 Å². The summed E-state index contributed by atoms with van der Waals surface area (Å²) >= 11 is 1.54. The first kappa shape index (κ1) is 28.4. The fourth-order valence-electron chi connectivity index (χ4n) is 4.43. The van der Waals surface area contributed by atoms with Crippen molar-refractivity contribution in [2.24, 2.45) is 5.92 Å². The number of hydrogen-bond acceptors (Lipinski definition) is 7. The molecule has 0 aliphatic carbocycles. The Hall–Kier alpha value is -4.58. The largest absolute Gasteiger partial charge is 0.493 e. The predicted octanol–water partition coefficient (Wildman–Crippen LogP) is 3.77. The summed E-state index contributed by atoms with van der Waals surface area (Å²) in [5.41, 5.74) is 1.57. The molecule has 11 nitrogen and oxygen atoms in total. The van der Waals surface area contributed by atoms with Gasteiger partial charge in [-0.3, -0.25) is 14.4 Å². The van der Waals surface area contributed by atoms with Crippen LogP contribution in [0.2, 0.25) is 0 Å². The Morgan fingerprint density at radius 2 is 1.88 bits per heavy atom. The SMILES string of the molecule is COc1ccc(C(CC(=O)O)NC(=O)C2CC(=O)N(c3cccc(NC(=O)NCc4cccs4)c3)C2)cc1OC. The fraction of sp³-hybridized carbons (Fsp3) is 0.286. The third kappa shape index (κ3) is 7.08. The Kier molecular flexibility index (Phi) is 9.23. The van der Waals surface area contributed by atoms with Gasteiger partial charge >= 0.3 is 12.0 Å². The second kappa shape index (κ2) is 13.0. The number of carbonyl (C=O) groups excluding carboxylic acids is 3. The van der Waals surface area contributed by atoms with Gasteiger partial charge in [-0.25, -0.2) is 4.79 Å². The first-order chi connectivity index (χ1) is 19.3. The van der Waals surface area contributed by atoms with Crippen molar-refractivity contribution >= 4 is 46.5 Å². The molecule has 4 amide bonds. The summed E-state index contributed by atoms with van der Waals surface area (Å²) < 4.78 is 10.6. The summed E-state index contributed by atoms with van der Waals surface area (Å²) in [6, 6.07) is 14.3. The average Bonchev–Trinajstić information content (AvgIpc) is 3.61. The van der Waals surface area contributed by atoms with Gasteiger partial charge in [0.05, 0.1) is 39.1 Å². The zero-order valence-corrected chi connectivity index (χ0v) is 22.8. The summed E-state index contributed by atoms with van der Waals surface area (Å²) in [5.74, 6) is -1.58. The second-order valence-electron chi connectivity index (χ2n) is 9.12. The first-order valence-corrected chi connectivity index (χ1v) is 13.4. The maximum absolute atomic E-state index is 13.2. The Balaban J connectivity index is 1.41. The van der Waals surface area contributed by atoms with E-state index in [1.165, 1.54) is 19.1 Å². The van der Waals surface area contributed by atoms with Gasteiger partial charge in [-0.1, -0.05) is 18.2 Å². The van der Waals surface area contributed by atoms with Crippen LogP contribution in [0.3, 0.4) is 0 Å². The maximum Gasteiger partial charge on any atom is 0.319 e. The van der Waals surface area contributed by atoms with E-state index in [1.807, 2.05) is 17.5 Å². The molecule has 0 saturated carbocycles. The number of carboxylic acid groups (broad SMARTS) is 1. The molecule has 1 aliphatic rings. The standard InChI is InChI=1S/C28H30N4O7S/c1-38-23-9-8-17(11-24(23)39-2)22(14-26(34)35)31-27(36)18-12-25(33)32(16-18)20-6-3-5-19(13-20)30-28(37)29-15-21-7-4-10-40-21/h3-11,13,18,22H,12,14-16H2,1-2H3,(H,31,36)(H,34,35)(H2,29,30,37). The zero-order valence-electron chi connectivity index (χ0n) is 22.0. The van der Waals surface area contributed by atoms with Crippen molar-refractivity contribution < 1.29 is 33.8 Å². The molecule has 0 spiro atoms. The highest BCUT2D eigenvalue weighted by Gasteiger charge is 2.36. The maximum atomic E-state index is 13.2. The van der Waals surface area contributed by atoms with E-state index >= 15 is 0 Å². The minimum Gasteiger partial charge on any atom is -0.493 e. The van der Waals surface area contributed by atoms with Crippen LogP contribution in [0, 0.1) is 5.92 Å². The van der Waals surface area contributed by atoms with E-state index in [-0.39, 0.29) is 31.3 Å². The van der Waals surface area contributed by atoms with Crippen LogP contribution in [0.5, 0.6) is 11.5 Å². The molecule has 1 saturated heterocycles. The van der Waals surface area contributed by atoms with Crippen molar-refractivity contribution in [3.05, 3.63) is 70.4 Å². The van der Waals surface area contributed by atoms with Gasteiger partial charge < -0.3 is 35.4 Å². The highest BCUT2D eigenvalue weighted by molar-refractivity contribution is 7.09. The summed E-state index contributed by atoms with van der Waals surface area (Å²) in [6.45, 7) is 0.515. The molecular formula is C28H30N4O7S. The van der Waals surface area contributed by atoms with E-state index in [9.17, 15) is 24.3 Å². The van der Waals surface area contributed by atoms with Crippen LogP contribution in [-0.2, 0) is 20.9 Å². The monoisotopic (exact) mass is 566 g/mol. The lowest BCUT2D eigenvalue weighted by molar-refractivity contribution is -0.138. The van der Waals surface area contributed by atoms with Crippen molar-refractivity contribution in [1.29, 1.82) is 0 Å². The fourth-order valence-corrected chi connectivity index (χ4v) is 5.07. The molecule has 0 radical (unpaired) electrons. The minimum absolute atomic E-state index is 0.0312. The molecule has 2 atom stereocenters. The summed E-state index contributed by atoms with van der Waals surface area (Å²) in [7, 11) is 2.96. The molecule has 1 aliphatic heterocycles. The van der Waals surface area contributed by atoms with Crippen LogP contribution < -0.4 is 30.3 Å². The lowest BCUT2D eigenvalue weighted by Crippen LogP contribution is -2.36. The van der Waals surface area contributed by atoms with E-state index in [4.69, 9.17) is 9.47 Å². The van der Waals surface area contributed by atoms with Crippen LogP contribution in [0.4, 0.5) is 16.2 Å². The summed E-state index contributed by atoms with van der Waals surface area (Å²) in [4.78, 5) is 52.4. The van der Waals surface area contributed by atoms with Crippen LogP contribution in [0.1, 0.15) is 29.3 Å². The Morgan fingerprint density at radius 1 is 1.07 bits per heavy atom. The highest BCUT2D eigenvalue weighted by atomic mass is 32.1. The number of thiophene rings is 1. The smallest absolute Gasteiger partial charge is 0.319 e. The van der Waals surface area contributed by atoms with Gasteiger partial charge in [0.1, 0.15) is 0 Å². The molecular weight excluding hydrogens is 536 g/mol. The average molecular weight is 567 g/mol. The molecule has 4 rings (SSSR count).